The second-order valence-corrected chi connectivity index (χ2v) is 10.1. The van der Waals surface area contributed by atoms with E-state index in [-0.39, 0.29) is 10.9 Å². The third-order valence-electron chi connectivity index (χ3n) is 5.57. The van der Waals surface area contributed by atoms with Crippen molar-refractivity contribution in [1.82, 2.24) is 0 Å². The van der Waals surface area contributed by atoms with Gasteiger partial charge in [0.2, 0.25) is 0 Å². The number of nitrogens with two attached hydrogens (primary N) is 1. The topological polar surface area (TPSA) is 60.2 Å². The molecule has 3 nitrogen and oxygen atoms in total. The molecule has 2 N–H and O–H groups in total. The summed E-state index contributed by atoms with van der Waals surface area (Å²) in [7, 11) is -3.78. The molecule has 1 saturated carbocycles. The number of benzene rings is 2. The molecule has 27 heavy (non-hydrogen) atoms. The minimum Gasteiger partial charge on any atom is -0.328 e. The minimum atomic E-state index is -3.78. The smallest absolute Gasteiger partial charge is 0.188 e. The maximum atomic E-state index is 14.2. The van der Waals surface area contributed by atoms with Gasteiger partial charge in [0.25, 0.3) is 0 Å². The first kappa shape index (κ1) is 20.0. The van der Waals surface area contributed by atoms with Crippen molar-refractivity contribution in [2.75, 3.05) is 0 Å². The van der Waals surface area contributed by atoms with Gasteiger partial charge in [-0.1, -0.05) is 24.3 Å². The monoisotopic (exact) mass is 393 g/mol. The van der Waals surface area contributed by atoms with Crippen molar-refractivity contribution in [1.29, 1.82) is 0 Å². The highest BCUT2D eigenvalue weighted by Crippen LogP contribution is 2.47. The Morgan fingerprint density at radius 1 is 1.00 bits per heavy atom. The van der Waals surface area contributed by atoms with Crippen LogP contribution in [0.15, 0.2) is 53.4 Å². The van der Waals surface area contributed by atoms with E-state index in [0.717, 1.165) is 12.1 Å². The molecule has 0 aromatic heterocycles. The molecule has 1 aliphatic rings. The van der Waals surface area contributed by atoms with Crippen LogP contribution in [-0.2, 0) is 20.3 Å². The van der Waals surface area contributed by atoms with Crippen LogP contribution in [0.4, 0.5) is 8.78 Å². The molecule has 0 radical (unpaired) electrons. The van der Waals surface area contributed by atoms with Gasteiger partial charge in [-0.05, 0) is 74.9 Å². The molecule has 0 bridgehead atoms. The number of sulfone groups is 1. The molecule has 0 spiro atoms. The summed E-state index contributed by atoms with van der Waals surface area (Å²) < 4.78 is 53.5. The average molecular weight is 393 g/mol. The Kier molecular flexibility index (Phi) is 5.16. The van der Waals surface area contributed by atoms with Crippen LogP contribution in [0.25, 0.3) is 0 Å². The van der Waals surface area contributed by atoms with Crippen LogP contribution in [0.3, 0.4) is 0 Å². The standard InChI is InChI=1S/C21H25F2NO2S/c1-20(2,23)15-3-5-16(6-4-15)21(13-11-18(24)12-14-21)27(25,26)19-9-7-17(22)8-10-19/h3-10,18H,11-14,24H2,1-2H3. The van der Waals surface area contributed by atoms with E-state index in [2.05, 4.69) is 0 Å². The lowest BCUT2D eigenvalue weighted by Gasteiger charge is -2.39. The molecule has 0 amide bonds. The van der Waals surface area contributed by atoms with Crippen molar-refractivity contribution < 1.29 is 17.2 Å². The fourth-order valence-electron chi connectivity index (χ4n) is 3.83. The van der Waals surface area contributed by atoms with Gasteiger partial charge in [0, 0.05) is 6.04 Å². The van der Waals surface area contributed by atoms with Crippen LogP contribution < -0.4 is 5.73 Å². The maximum absolute atomic E-state index is 14.2. The van der Waals surface area contributed by atoms with E-state index < -0.39 is 26.1 Å². The summed E-state index contributed by atoms with van der Waals surface area (Å²) in [6, 6.07) is 11.6. The van der Waals surface area contributed by atoms with E-state index >= 15 is 0 Å². The number of halogens is 2. The Morgan fingerprint density at radius 3 is 2.00 bits per heavy atom. The summed E-state index contributed by atoms with van der Waals surface area (Å²) in [6.07, 6.45) is 1.92. The Bertz CT molecular complexity index is 893. The van der Waals surface area contributed by atoms with Gasteiger partial charge in [0.15, 0.2) is 9.84 Å². The van der Waals surface area contributed by atoms with Crippen LogP contribution in [0.1, 0.15) is 50.7 Å². The highest BCUT2D eigenvalue weighted by atomic mass is 32.2. The Morgan fingerprint density at radius 2 is 1.52 bits per heavy atom. The van der Waals surface area contributed by atoms with E-state index in [4.69, 9.17) is 5.73 Å². The third kappa shape index (κ3) is 3.65. The maximum Gasteiger partial charge on any atom is 0.188 e. The molecule has 2 aromatic rings. The molecular formula is C21H25F2NO2S. The summed E-state index contributed by atoms with van der Waals surface area (Å²) in [6.45, 7) is 2.93. The van der Waals surface area contributed by atoms with Crippen molar-refractivity contribution in [3.63, 3.8) is 0 Å². The van der Waals surface area contributed by atoms with Gasteiger partial charge in [-0.25, -0.2) is 17.2 Å². The second-order valence-electron chi connectivity index (χ2n) is 7.84. The molecule has 3 rings (SSSR count). The molecule has 0 saturated heterocycles. The second kappa shape index (κ2) is 6.99. The molecule has 1 fully saturated rings. The molecule has 0 atom stereocenters. The van der Waals surface area contributed by atoms with Crippen molar-refractivity contribution in [3.8, 4) is 0 Å². The zero-order valence-corrected chi connectivity index (χ0v) is 16.4. The van der Waals surface area contributed by atoms with E-state index in [1.807, 2.05) is 0 Å². The first-order valence-corrected chi connectivity index (χ1v) is 10.6. The van der Waals surface area contributed by atoms with Crippen molar-refractivity contribution in [2.24, 2.45) is 5.73 Å². The van der Waals surface area contributed by atoms with Gasteiger partial charge >= 0.3 is 0 Å². The SMILES string of the molecule is CC(C)(F)c1ccc(C2(S(=O)(=O)c3ccc(F)cc3)CCC(N)CC2)cc1. The van der Waals surface area contributed by atoms with Gasteiger partial charge in [-0.3, -0.25) is 0 Å². The number of hydrogen-bond donors (Lipinski definition) is 1. The van der Waals surface area contributed by atoms with E-state index in [9.17, 15) is 17.2 Å². The molecule has 0 heterocycles. The molecule has 0 aliphatic heterocycles. The first-order chi connectivity index (χ1) is 12.6. The summed E-state index contributed by atoms with van der Waals surface area (Å²) in [5.41, 5.74) is 5.64. The molecule has 1 aliphatic carbocycles. The van der Waals surface area contributed by atoms with Crippen LogP contribution in [-0.4, -0.2) is 14.5 Å². The Hall–Kier alpha value is -1.79. The van der Waals surface area contributed by atoms with E-state index in [1.165, 1.54) is 26.0 Å². The van der Waals surface area contributed by atoms with Gasteiger partial charge in [-0.15, -0.1) is 0 Å². The molecule has 2 aromatic carbocycles. The third-order valence-corrected chi connectivity index (χ3v) is 8.14. The van der Waals surface area contributed by atoms with Gasteiger partial charge in [0.05, 0.1) is 4.90 Å². The van der Waals surface area contributed by atoms with Gasteiger partial charge in [-0.2, -0.15) is 0 Å². The van der Waals surface area contributed by atoms with Crippen LogP contribution in [0, 0.1) is 5.82 Å². The molecule has 0 unspecified atom stereocenters. The van der Waals surface area contributed by atoms with Gasteiger partial charge in [0.1, 0.15) is 16.2 Å². The van der Waals surface area contributed by atoms with E-state index in [1.54, 1.807) is 24.3 Å². The quantitative estimate of drug-likeness (QED) is 0.772. The van der Waals surface area contributed by atoms with Crippen LogP contribution in [0.5, 0.6) is 0 Å². The predicted molar refractivity (Wildman–Crippen MR) is 102 cm³/mol. The highest BCUT2D eigenvalue weighted by Gasteiger charge is 2.48. The normalized spacial score (nSPS) is 24.0. The van der Waals surface area contributed by atoms with Crippen LogP contribution >= 0.6 is 0 Å². The average Bonchev–Trinajstić information content (AvgIpc) is 2.62. The first-order valence-electron chi connectivity index (χ1n) is 9.12. The lowest BCUT2D eigenvalue weighted by Crippen LogP contribution is -2.42. The number of rotatable bonds is 4. The largest absolute Gasteiger partial charge is 0.328 e. The summed E-state index contributed by atoms with van der Waals surface area (Å²) >= 11 is 0. The summed E-state index contributed by atoms with van der Waals surface area (Å²) in [4.78, 5) is 0.0919. The predicted octanol–water partition coefficient (Wildman–Crippen LogP) is 4.60. The fraction of sp³-hybridized carbons (Fsp3) is 0.429. The number of alkyl halides is 1. The number of hydrogen-bond acceptors (Lipinski definition) is 3. The Balaban J connectivity index is 2.11. The lowest BCUT2D eigenvalue weighted by molar-refractivity contribution is 0.221. The fourth-order valence-corrected chi connectivity index (χ4v) is 5.99. The molecular weight excluding hydrogens is 368 g/mol. The summed E-state index contributed by atoms with van der Waals surface area (Å²) in [5.74, 6) is -0.483. The summed E-state index contributed by atoms with van der Waals surface area (Å²) in [5, 5.41) is 0. The highest BCUT2D eigenvalue weighted by molar-refractivity contribution is 7.92. The minimum absolute atomic E-state index is 0.0365. The van der Waals surface area contributed by atoms with Crippen molar-refractivity contribution >= 4 is 9.84 Å². The zero-order chi connectivity index (χ0) is 19.9. The van der Waals surface area contributed by atoms with Crippen molar-refractivity contribution in [2.45, 2.75) is 60.9 Å². The lowest BCUT2D eigenvalue weighted by atomic mass is 9.80. The van der Waals surface area contributed by atoms with Crippen LogP contribution in [0.2, 0.25) is 0 Å². The zero-order valence-electron chi connectivity index (χ0n) is 15.6. The van der Waals surface area contributed by atoms with Crippen molar-refractivity contribution in [3.05, 3.63) is 65.5 Å². The Labute approximate surface area is 159 Å². The molecule has 6 heteroatoms. The van der Waals surface area contributed by atoms with Gasteiger partial charge < -0.3 is 5.73 Å². The van der Waals surface area contributed by atoms with E-state index in [0.29, 0.717) is 36.8 Å². The molecule has 146 valence electrons.